The molecule has 5 rings (SSSR count). The number of aryl methyl sites for hydroxylation is 1. The third kappa shape index (κ3) is 4.81. The van der Waals surface area contributed by atoms with Crippen molar-refractivity contribution in [3.8, 4) is 11.8 Å². The van der Waals surface area contributed by atoms with Crippen LogP contribution in [0.5, 0.6) is 0 Å². The Morgan fingerprint density at radius 3 is 3.03 bits per heavy atom. The number of amides is 1. The predicted molar refractivity (Wildman–Crippen MR) is 131 cm³/mol. The molecule has 0 saturated heterocycles. The Kier molecular flexibility index (Phi) is 6.34. The molecule has 1 amide bonds. The number of aromatic amines is 1. The quantitative estimate of drug-likeness (QED) is 0.330. The molecule has 3 aromatic heterocycles. The summed E-state index contributed by atoms with van der Waals surface area (Å²) in [5.41, 5.74) is 4.77. The van der Waals surface area contributed by atoms with Gasteiger partial charge in [0.25, 0.3) is 5.91 Å². The first kappa shape index (κ1) is 22.8. The number of para-hydroxylation sites is 1. The minimum Gasteiger partial charge on any atom is -0.369 e. The number of carbonyl (C=O) groups excluding carboxylic acids is 1. The van der Waals surface area contributed by atoms with E-state index in [0.29, 0.717) is 30.2 Å². The fraction of sp³-hybridized carbons (Fsp3) is 0.296. The number of fused-ring (bicyclic) bond motifs is 2. The smallest absolute Gasteiger partial charge is 0.270 e. The Morgan fingerprint density at radius 1 is 1.34 bits per heavy atom. The number of H-pyrrole nitrogens is 1. The van der Waals surface area contributed by atoms with Crippen LogP contribution in [0.3, 0.4) is 0 Å². The van der Waals surface area contributed by atoms with Crippen LogP contribution in [0.2, 0.25) is 0 Å². The highest BCUT2D eigenvalue weighted by Gasteiger charge is 2.31. The summed E-state index contributed by atoms with van der Waals surface area (Å²) in [5.74, 6) is 5.61. The average molecular weight is 472 g/mol. The van der Waals surface area contributed by atoms with Gasteiger partial charge in [-0.2, -0.15) is 0 Å². The van der Waals surface area contributed by atoms with E-state index in [-0.39, 0.29) is 24.6 Å². The second kappa shape index (κ2) is 9.72. The lowest BCUT2D eigenvalue weighted by Crippen LogP contribution is -2.31. The highest BCUT2D eigenvalue weighted by atomic mass is 19.1. The van der Waals surface area contributed by atoms with Crippen LogP contribution < -0.4 is 5.32 Å². The van der Waals surface area contributed by atoms with E-state index in [9.17, 15) is 9.18 Å². The van der Waals surface area contributed by atoms with E-state index in [0.717, 1.165) is 22.3 Å². The van der Waals surface area contributed by atoms with Crippen LogP contribution in [0, 0.1) is 18.8 Å². The molecule has 0 bridgehead atoms. The minimum absolute atomic E-state index is 0.256. The summed E-state index contributed by atoms with van der Waals surface area (Å²) in [7, 11) is 0. The summed E-state index contributed by atoms with van der Waals surface area (Å²) in [5, 5.41) is 4.10. The van der Waals surface area contributed by atoms with Gasteiger partial charge in [0, 0.05) is 41.2 Å². The number of pyridine rings is 1. The largest absolute Gasteiger partial charge is 0.369 e. The average Bonchev–Trinajstić information content (AvgIpc) is 3.53. The van der Waals surface area contributed by atoms with E-state index in [2.05, 4.69) is 32.1 Å². The molecule has 8 heteroatoms. The first-order valence-electron chi connectivity index (χ1n) is 11.6. The van der Waals surface area contributed by atoms with E-state index in [1.807, 2.05) is 54.8 Å². The number of rotatable bonds is 6. The van der Waals surface area contributed by atoms with Crippen molar-refractivity contribution in [2.45, 2.75) is 39.0 Å². The number of imidazole rings is 1. The standard InChI is InChI=1S/C27H26FN5O2/c1-3-35-10-6-7-18-11-17(2)30-23(12-18)27(34)32-25(22-13-19-8-4-5-9-21(19)31-22)26-24-14-20(28)15-33(24)16-29-26/h4-5,8-9,11-13,16,20,25,31H,3,10,14-15H2,1-2H3,(H,32,34)/t20-,25?/m1/s1. The summed E-state index contributed by atoms with van der Waals surface area (Å²) in [6.07, 6.45) is 0.954. The van der Waals surface area contributed by atoms with Crippen LogP contribution in [0.15, 0.2) is 48.8 Å². The van der Waals surface area contributed by atoms with Crippen molar-refractivity contribution in [2.24, 2.45) is 0 Å². The summed E-state index contributed by atoms with van der Waals surface area (Å²) in [6.45, 7) is 4.92. The Bertz CT molecular complexity index is 1410. The lowest BCUT2D eigenvalue weighted by molar-refractivity contribution is 0.0936. The topological polar surface area (TPSA) is 84.8 Å². The monoisotopic (exact) mass is 471 g/mol. The van der Waals surface area contributed by atoms with Crippen LogP contribution >= 0.6 is 0 Å². The predicted octanol–water partition coefficient (Wildman–Crippen LogP) is 3.87. The number of halogens is 1. The molecule has 1 aliphatic rings. The SMILES string of the molecule is CCOCC#Cc1cc(C)nc(C(=O)NC(c2cc3ccccc3[nH]2)c2ncn3c2C[C@@H](F)C3)c1. The number of alkyl halides is 1. The number of benzene rings is 1. The molecular formula is C27H26FN5O2. The number of carbonyl (C=O) groups is 1. The van der Waals surface area contributed by atoms with Gasteiger partial charge in [-0.1, -0.05) is 30.0 Å². The van der Waals surface area contributed by atoms with E-state index >= 15 is 0 Å². The van der Waals surface area contributed by atoms with Crippen LogP contribution in [0.25, 0.3) is 10.9 Å². The molecule has 4 heterocycles. The van der Waals surface area contributed by atoms with Gasteiger partial charge in [0.2, 0.25) is 0 Å². The maximum absolute atomic E-state index is 14.2. The Morgan fingerprint density at radius 2 is 2.20 bits per heavy atom. The molecule has 2 atom stereocenters. The molecule has 35 heavy (non-hydrogen) atoms. The number of ether oxygens (including phenoxy) is 1. The fourth-order valence-electron chi connectivity index (χ4n) is 4.43. The molecule has 1 aromatic carbocycles. The molecule has 178 valence electrons. The Balaban J connectivity index is 1.49. The third-order valence-corrected chi connectivity index (χ3v) is 6.00. The van der Waals surface area contributed by atoms with Crippen molar-refractivity contribution in [1.29, 1.82) is 0 Å². The van der Waals surface area contributed by atoms with E-state index in [1.165, 1.54) is 0 Å². The van der Waals surface area contributed by atoms with E-state index in [1.54, 1.807) is 12.4 Å². The van der Waals surface area contributed by atoms with Gasteiger partial charge >= 0.3 is 0 Å². The van der Waals surface area contributed by atoms with Crippen molar-refractivity contribution >= 4 is 16.8 Å². The van der Waals surface area contributed by atoms with Crippen molar-refractivity contribution in [3.63, 3.8) is 0 Å². The molecule has 1 unspecified atom stereocenters. The van der Waals surface area contributed by atoms with Gasteiger partial charge in [0.05, 0.1) is 18.6 Å². The van der Waals surface area contributed by atoms with Crippen LogP contribution in [0.1, 0.15) is 51.8 Å². The first-order valence-corrected chi connectivity index (χ1v) is 11.6. The highest BCUT2D eigenvalue weighted by molar-refractivity contribution is 5.93. The Labute approximate surface area is 202 Å². The molecular weight excluding hydrogens is 445 g/mol. The van der Waals surface area contributed by atoms with Gasteiger partial charge < -0.3 is 19.6 Å². The van der Waals surface area contributed by atoms with Gasteiger partial charge in [-0.3, -0.25) is 4.79 Å². The molecule has 1 aliphatic heterocycles. The van der Waals surface area contributed by atoms with Gasteiger partial charge in [0.15, 0.2) is 0 Å². The van der Waals surface area contributed by atoms with Gasteiger partial charge in [0.1, 0.15) is 24.5 Å². The highest BCUT2D eigenvalue weighted by Crippen LogP contribution is 2.30. The molecule has 0 radical (unpaired) electrons. The van der Waals surface area contributed by atoms with Crippen LogP contribution in [-0.4, -0.2) is 44.8 Å². The number of hydrogen-bond acceptors (Lipinski definition) is 4. The minimum atomic E-state index is -0.956. The van der Waals surface area contributed by atoms with Crippen LogP contribution in [-0.2, 0) is 17.7 Å². The zero-order valence-corrected chi connectivity index (χ0v) is 19.6. The second-order valence-corrected chi connectivity index (χ2v) is 8.57. The molecule has 2 N–H and O–H groups in total. The summed E-state index contributed by atoms with van der Waals surface area (Å²) in [4.78, 5) is 25.8. The molecule has 7 nitrogen and oxygen atoms in total. The van der Waals surface area contributed by atoms with Gasteiger partial charge in [-0.15, -0.1) is 0 Å². The fourth-order valence-corrected chi connectivity index (χ4v) is 4.43. The molecule has 0 fully saturated rings. The number of aromatic nitrogens is 4. The third-order valence-electron chi connectivity index (χ3n) is 6.00. The molecule has 4 aromatic rings. The van der Waals surface area contributed by atoms with E-state index in [4.69, 9.17) is 4.74 Å². The zero-order valence-electron chi connectivity index (χ0n) is 19.6. The van der Waals surface area contributed by atoms with Crippen LogP contribution in [0.4, 0.5) is 4.39 Å². The lowest BCUT2D eigenvalue weighted by Gasteiger charge is -2.17. The van der Waals surface area contributed by atoms with Crippen molar-refractivity contribution in [3.05, 3.63) is 82.8 Å². The normalized spacial score (nSPS) is 15.5. The summed E-state index contributed by atoms with van der Waals surface area (Å²) >= 11 is 0. The molecule has 0 aliphatic carbocycles. The van der Waals surface area contributed by atoms with Crippen molar-refractivity contribution < 1.29 is 13.9 Å². The van der Waals surface area contributed by atoms with Crippen molar-refractivity contribution in [2.75, 3.05) is 13.2 Å². The molecule has 0 saturated carbocycles. The lowest BCUT2D eigenvalue weighted by atomic mass is 10.1. The maximum atomic E-state index is 14.2. The first-order chi connectivity index (χ1) is 17.0. The zero-order chi connectivity index (χ0) is 24.4. The van der Waals surface area contributed by atoms with Gasteiger partial charge in [-0.05, 0) is 43.5 Å². The Hall–Kier alpha value is -3.96. The second-order valence-electron chi connectivity index (χ2n) is 8.57. The summed E-state index contributed by atoms with van der Waals surface area (Å²) in [6, 6.07) is 12.8. The number of nitrogens with one attached hydrogen (secondary N) is 2. The number of nitrogens with zero attached hydrogens (tertiary/aromatic N) is 3. The van der Waals surface area contributed by atoms with E-state index < -0.39 is 12.2 Å². The van der Waals surface area contributed by atoms with Gasteiger partial charge in [-0.25, -0.2) is 14.4 Å². The number of hydrogen-bond donors (Lipinski definition) is 2. The summed E-state index contributed by atoms with van der Waals surface area (Å²) < 4.78 is 21.2. The van der Waals surface area contributed by atoms with Crippen molar-refractivity contribution in [1.82, 2.24) is 24.8 Å². The molecule has 0 spiro atoms. The maximum Gasteiger partial charge on any atom is 0.270 e.